The maximum atomic E-state index is 11.6. The Balaban J connectivity index is 1.59. The van der Waals surface area contributed by atoms with Gasteiger partial charge in [0.2, 0.25) is 0 Å². The Morgan fingerprint density at radius 2 is 2.09 bits per heavy atom. The average Bonchev–Trinajstić information content (AvgIpc) is 3.33. The maximum Gasteiger partial charge on any atom is 0.319 e. The lowest BCUT2D eigenvalue weighted by Crippen LogP contribution is -2.30. The molecule has 1 aromatic heterocycles. The van der Waals surface area contributed by atoms with E-state index in [-0.39, 0.29) is 6.03 Å². The van der Waals surface area contributed by atoms with Gasteiger partial charge < -0.3 is 20.7 Å². The Kier molecular flexibility index (Phi) is 4.09. The minimum atomic E-state index is -0.183. The summed E-state index contributed by atoms with van der Waals surface area (Å²) in [4.78, 5) is 15.9. The quantitative estimate of drug-likeness (QED) is 0.793. The van der Waals surface area contributed by atoms with E-state index >= 15 is 0 Å². The van der Waals surface area contributed by atoms with Crippen molar-refractivity contribution in [2.45, 2.75) is 18.9 Å². The number of pyridine rings is 1. The molecule has 0 atom stereocenters. The van der Waals surface area contributed by atoms with Gasteiger partial charge in [-0.15, -0.1) is 0 Å². The molecule has 1 heterocycles. The van der Waals surface area contributed by atoms with E-state index in [0.717, 1.165) is 24.3 Å². The van der Waals surface area contributed by atoms with Crippen molar-refractivity contribution in [3.63, 3.8) is 0 Å². The lowest BCUT2D eigenvalue weighted by atomic mass is 10.3. The van der Waals surface area contributed by atoms with Crippen LogP contribution < -0.4 is 20.7 Å². The number of ether oxygens (including phenoxy) is 1. The van der Waals surface area contributed by atoms with Crippen molar-refractivity contribution in [3.8, 4) is 5.75 Å². The van der Waals surface area contributed by atoms with Gasteiger partial charge >= 0.3 is 6.03 Å². The fourth-order valence-electron chi connectivity index (χ4n) is 1.97. The Morgan fingerprint density at radius 3 is 2.77 bits per heavy atom. The molecular formula is C16H18N4O2. The molecule has 0 saturated heterocycles. The number of nitrogens with zero attached hydrogens (tertiary/aromatic N) is 1. The van der Waals surface area contributed by atoms with Gasteiger partial charge in [-0.2, -0.15) is 0 Å². The van der Waals surface area contributed by atoms with Crippen LogP contribution in [0, 0.1) is 0 Å². The number of aromatic nitrogens is 1. The predicted molar refractivity (Wildman–Crippen MR) is 85.7 cm³/mol. The van der Waals surface area contributed by atoms with Gasteiger partial charge in [-0.1, -0.05) is 6.07 Å². The van der Waals surface area contributed by atoms with Crippen LogP contribution in [0.15, 0.2) is 42.6 Å². The zero-order valence-corrected chi connectivity index (χ0v) is 12.3. The normalized spacial score (nSPS) is 13.3. The van der Waals surface area contributed by atoms with E-state index in [9.17, 15) is 4.79 Å². The van der Waals surface area contributed by atoms with E-state index in [1.54, 1.807) is 13.3 Å². The van der Waals surface area contributed by atoms with E-state index in [4.69, 9.17) is 4.74 Å². The minimum Gasteiger partial charge on any atom is -0.497 e. The van der Waals surface area contributed by atoms with Gasteiger partial charge in [0, 0.05) is 17.8 Å². The van der Waals surface area contributed by atoms with Crippen molar-refractivity contribution < 1.29 is 9.53 Å². The van der Waals surface area contributed by atoms with Crippen LogP contribution in [-0.2, 0) is 0 Å². The number of benzene rings is 1. The molecule has 1 saturated carbocycles. The largest absolute Gasteiger partial charge is 0.497 e. The molecular weight excluding hydrogens is 280 g/mol. The van der Waals surface area contributed by atoms with Crippen LogP contribution in [0.1, 0.15) is 12.8 Å². The van der Waals surface area contributed by atoms with Crippen LogP contribution in [0.5, 0.6) is 5.75 Å². The zero-order valence-electron chi connectivity index (χ0n) is 12.3. The average molecular weight is 298 g/mol. The lowest BCUT2D eigenvalue weighted by Gasteiger charge is -2.09. The van der Waals surface area contributed by atoms with Gasteiger partial charge in [-0.05, 0) is 37.1 Å². The van der Waals surface area contributed by atoms with E-state index in [1.807, 2.05) is 36.4 Å². The van der Waals surface area contributed by atoms with Gasteiger partial charge in [0.25, 0.3) is 0 Å². The predicted octanol–water partition coefficient (Wildman–Crippen LogP) is 3.12. The first-order valence-corrected chi connectivity index (χ1v) is 7.17. The highest BCUT2D eigenvalue weighted by atomic mass is 16.5. The second kappa shape index (κ2) is 6.34. The van der Waals surface area contributed by atoms with Crippen molar-refractivity contribution in [1.29, 1.82) is 0 Å². The smallest absolute Gasteiger partial charge is 0.319 e. The highest BCUT2D eigenvalue weighted by Crippen LogP contribution is 2.21. The number of carbonyl (C=O) groups is 1. The second-order valence-corrected chi connectivity index (χ2v) is 5.16. The molecule has 0 bridgehead atoms. The summed E-state index contributed by atoms with van der Waals surface area (Å²) in [6, 6.07) is 11.4. The Bertz CT molecular complexity index is 653. The van der Waals surface area contributed by atoms with Crippen LogP contribution >= 0.6 is 0 Å². The van der Waals surface area contributed by atoms with E-state index in [1.165, 1.54) is 0 Å². The zero-order chi connectivity index (χ0) is 15.4. The van der Waals surface area contributed by atoms with Crippen LogP contribution in [0.3, 0.4) is 0 Å². The van der Waals surface area contributed by atoms with Gasteiger partial charge in [0.1, 0.15) is 11.6 Å². The van der Waals surface area contributed by atoms with Gasteiger partial charge in [-0.25, -0.2) is 9.78 Å². The number of hydrogen-bond donors (Lipinski definition) is 3. The van der Waals surface area contributed by atoms with Crippen LogP contribution in [-0.4, -0.2) is 24.2 Å². The number of methoxy groups -OCH3 is 1. The summed E-state index contributed by atoms with van der Waals surface area (Å²) in [6.07, 6.45) is 3.75. The molecule has 1 aliphatic rings. The molecule has 6 nitrogen and oxygen atoms in total. The summed E-state index contributed by atoms with van der Waals surface area (Å²) >= 11 is 0. The fraction of sp³-hybridized carbons (Fsp3) is 0.250. The van der Waals surface area contributed by atoms with Crippen molar-refractivity contribution in [2.75, 3.05) is 17.7 Å². The summed E-state index contributed by atoms with van der Waals surface area (Å²) < 4.78 is 5.18. The Hall–Kier alpha value is -2.76. The number of nitrogens with one attached hydrogen (secondary N) is 3. The van der Waals surface area contributed by atoms with E-state index in [2.05, 4.69) is 20.9 Å². The molecule has 1 aliphatic carbocycles. The molecule has 1 fully saturated rings. The summed E-state index contributed by atoms with van der Waals surface area (Å²) in [5.74, 6) is 1.47. The standard InChI is InChI=1S/C16H18N4O2/c1-22-14-4-2-3-12(9-14)18-15-8-7-13(10-17-15)20-16(21)19-11-5-6-11/h2-4,7-11H,5-6H2,1H3,(H,17,18)(H2,19,20,21). The Labute approximate surface area is 128 Å². The first-order chi connectivity index (χ1) is 10.7. The third kappa shape index (κ3) is 3.88. The van der Waals surface area contributed by atoms with Gasteiger partial charge in [-0.3, -0.25) is 0 Å². The first-order valence-electron chi connectivity index (χ1n) is 7.17. The molecule has 0 aliphatic heterocycles. The Morgan fingerprint density at radius 1 is 1.23 bits per heavy atom. The van der Waals surface area contributed by atoms with Crippen LogP contribution in [0.4, 0.5) is 22.0 Å². The molecule has 114 valence electrons. The van der Waals surface area contributed by atoms with Crippen molar-refractivity contribution >= 4 is 23.2 Å². The van der Waals surface area contributed by atoms with Crippen molar-refractivity contribution in [1.82, 2.24) is 10.3 Å². The number of anilines is 3. The highest BCUT2D eigenvalue weighted by Gasteiger charge is 2.23. The topological polar surface area (TPSA) is 75.3 Å². The first kappa shape index (κ1) is 14.2. The molecule has 0 spiro atoms. The maximum absolute atomic E-state index is 11.6. The molecule has 1 aromatic carbocycles. The van der Waals surface area contributed by atoms with Gasteiger partial charge in [0.15, 0.2) is 0 Å². The van der Waals surface area contributed by atoms with Crippen molar-refractivity contribution in [3.05, 3.63) is 42.6 Å². The van der Waals surface area contributed by atoms with Crippen LogP contribution in [0.2, 0.25) is 0 Å². The summed E-state index contributed by atoms with van der Waals surface area (Å²) in [5.41, 5.74) is 1.55. The number of carbonyl (C=O) groups excluding carboxylic acids is 1. The van der Waals surface area contributed by atoms with Crippen LogP contribution in [0.25, 0.3) is 0 Å². The van der Waals surface area contributed by atoms with Crippen molar-refractivity contribution in [2.24, 2.45) is 0 Å². The summed E-state index contributed by atoms with van der Waals surface area (Å²) in [7, 11) is 1.63. The van der Waals surface area contributed by atoms with E-state index in [0.29, 0.717) is 17.5 Å². The monoisotopic (exact) mass is 298 g/mol. The number of rotatable bonds is 5. The summed E-state index contributed by atoms with van der Waals surface area (Å²) in [6.45, 7) is 0. The molecule has 0 radical (unpaired) electrons. The number of amides is 2. The molecule has 2 amide bonds. The molecule has 2 aromatic rings. The summed E-state index contributed by atoms with van der Waals surface area (Å²) in [5, 5.41) is 8.81. The fourth-order valence-corrected chi connectivity index (χ4v) is 1.97. The van der Waals surface area contributed by atoms with Gasteiger partial charge in [0.05, 0.1) is 19.0 Å². The molecule has 0 unspecified atom stereocenters. The highest BCUT2D eigenvalue weighted by molar-refractivity contribution is 5.89. The second-order valence-electron chi connectivity index (χ2n) is 5.16. The minimum absolute atomic E-state index is 0.183. The molecule has 3 N–H and O–H groups in total. The lowest BCUT2D eigenvalue weighted by molar-refractivity contribution is 0.251. The third-order valence-electron chi connectivity index (χ3n) is 3.28. The number of hydrogen-bond acceptors (Lipinski definition) is 4. The molecule has 22 heavy (non-hydrogen) atoms. The van der Waals surface area contributed by atoms with E-state index < -0.39 is 0 Å². The number of urea groups is 1. The molecule has 6 heteroatoms. The third-order valence-corrected chi connectivity index (χ3v) is 3.28. The SMILES string of the molecule is COc1cccc(Nc2ccc(NC(=O)NC3CC3)cn2)c1. The molecule has 3 rings (SSSR count).